The zero-order valence-electron chi connectivity index (χ0n) is 9.81. The molecule has 84 valence electrons. The minimum atomic E-state index is -0.147. The van der Waals surface area contributed by atoms with E-state index in [-0.39, 0.29) is 11.4 Å². The summed E-state index contributed by atoms with van der Waals surface area (Å²) in [6, 6.07) is 11.7. The Kier molecular flexibility index (Phi) is 2.46. The van der Waals surface area contributed by atoms with Crippen LogP contribution in [-0.4, -0.2) is 14.9 Å². The number of hydrogen-bond acceptors (Lipinski definition) is 2. The van der Waals surface area contributed by atoms with Crippen LogP contribution in [0, 0.1) is 0 Å². The first-order valence-electron chi connectivity index (χ1n) is 5.33. The third-order valence-electron chi connectivity index (χ3n) is 2.40. The van der Waals surface area contributed by atoms with Crippen LogP contribution >= 0.6 is 0 Å². The minimum absolute atomic E-state index is 0.0637. The van der Waals surface area contributed by atoms with E-state index in [1.807, 2.05) is 35.0 Å². The van der Waals surface area contributed by atoms with Gasteiger partial charge in [0.15, 0.2) is 0 Å². The van der Waals surface area contributed by atoms with Gasteiger partial charge in [-0.25, -0.2) is 0 Å². The zero-order chi connectivity index (χ0) is 11.8. The van der Waals surface area contributed by atoms with Gasteiger partial charge in [-0.05, 0) is 26.3 Å². The normalized spacial score (nSPS) is 11.7. The van der Waals surface area contributed by atoms with E-state index in [2.05, 4.69) is 25.9 Å². The summed E-state index contributed by atoms with van der Waals surface area (Å²) in [5, 5.41) is 13.7. The molecule has 0 amide bonds. The van der Waals surface area contributed by atoms with Gasteiger partial charge in [0.05, 0.1) is 11.2 Å². The minimum Gasteiger partial charge on any atom is -0.492 e. The summed E-state index contributed by atoms with van der Waals surface area (Å²) in [4.78, 5) is 0. The number of rotatable bonds is 1. The molecule has 0 saturated heterocycles. The molecule has 1 N–H and O–H groups in total. The zero-order valence-corrected chi connectivity index (χ0v) is 9.81. The Morgan fingerprint density at radius 1 is 1.12 bits per heavy atom. The van der Waals surface area contributed by atoms with Gasteiger partial charge in [0, 0.05) is 6.07 Å². The molecule has 0 aliphatic rings. The molecule has 0 fully saturated rings. The third kappa shape index (κ3) is 1.94. The highest BCUT2D eigenvalue weighted by molar-refractivity contribution is 5.60. The average molecular weight is 216 g/mol. The molecular formula is C13H16N2O. The summed E-state index contributed by atoms with van der Waals surface area (Å²) in [6.07, 6.45) is 0. The number of hydrogen-bond donors (Lipinski definition) is 1. The first-order chi connectivity index (χ1) is 7.48. The fraction of sp³-hybridized carbons (Fsp3) is 0.308. The van der Waals surface area contributed by atoms with Crippen LogP contribution in [-0.2, 0) is 5.54 Å². The molecule has 1 aromatic heterocycles. The van der Waals surface area contributed by atoms with Crippen molar-refractivity contribution in [3.63, 3.8) is 0 Å². The van der Waals surface area contributed by atoms with Gasteiger partial charge in [0.1, 0.15) is 0 Å². The molecule has 0 aliphatic heterocycles. The number of aromatic nitrogens is 2. The van der Waals surface area contributed by atoms with E-state index in [0.717, 1.165) is 11.3 Å². The molecule has 3 nitrogen and oxygen atoms in total. The van der Waals surface area contributed by atoms with Crippen molar-refractivity contribution in [2.45, 2.75) is 26.3 Å². The molecule has 0 saturated carbocycles. The Labute approximate surface area is 95.3 Å². The van der Waals surface area contributed by atoms with Gasteiger partial charge in [-0.1, -0.05) is 30.3 Å². The van der Waals surface area contributed by atoms with E-state index >= 15 is 0 Å². The van der Waals surface area contributed by atoms with Crippen molar-refractivity contribution in [1.82, 2.24) is 9.78 Å². The number of benzene rings is 1. The van der Waals surface area contributed by atoms with Gasteiger partial charge >= 0.3 is 0 Å². The Morgan fingerprint density at radius 2 is 1.75 bits per heavy atom. The highest BCUT2D eigenvalue weighted by Crippen LogP contribution is 2.28. The molecule has 0 aliphatic carbocycles. The molecule has 1 heterocycles. The van der Waals surface area contributed by atoms with Gasteiger partial charge < -0.3 is 5.11 Å². The molecule has 0 bridgehead atoms. The lowest BCUT2D eigenvalue weighted by Crippen LogP contribution is -2.23. The smallest absolute Gasteiger partial charge is 0.230 e. The van der Waals surface area contributed by atoms with Crippen LogP contribution in [0.15, 0.2) is 36.4 Å². The van der Waals surface area contributed by atoms with Crippen molar-refractivity contribution in [2.75, 3.05) is 0 Å². The Bertz CT molecular complexity index is 480. The van der Waals surface area contributed by atoms with Gasteiger partial charge in [-0.3, -0.25) is 4.68 Å². The summed E-state index contributed by atoms with van der Waals surface area (Å²) in [6.45, 7) is 6.18. The SMILES string of the molecule is CC(C)(C)n1nc(O)cc1-c1ccccc1. The van der Waals surface area contributed by atoms with Gasteiger partial charge in [0.2, 0.25) is 5.88 Å². The lowest BCUT2D eigenvalue weighted by molar-refractivity contribution is 0.341. The number of aromatic hydroxyl groups is 1. The lowest BCUT2D eigenvalue weighted by atomic mass is 10.1. The van der Waals surface area contributed by atoms with Gasteiger partial charge in [-0.2, -0.15) is 0 Å². The van der Waals surface area contributed by atoms with E-state index in [0.29, 0.717) is 0 Å². The maximum atomic E-state index is 9.53. The maximum absolute atomic E-state index is 9.53. The van der Waals surface area contributed by atoms with Crippen LogP contribution in [0.2, 0.25) is 0 Å². The first kappa shape index (κ1) is 10.7. The van der Waals surface area contributed by atoms with E-state index in [1.165, 1.54) is 0 Å². The summed E-state index contributed by atoms with van der Waals surface area (Å²) >= 11 is 0. The van der Waals surface area contributed by atoms with E-state index < -0.39 is 0 Å². The van der Waals surface area contributed by atoms with Gasteiger partial charge in [-0.15, -0.1) is 5.10 Å². The second-order valence-corrected chi connectivity index (χ2v) is 4.84. The maximum Gasteiger partial charge on any atom is 0.230 e. The number of nitrogens with zero attached hydrogens (tertiary/aromatic N) is 2. The highest BCUT2D eigenvalue weighted by atomic mass is 16.3. The van der Waals surface area contributed by atoms with Crippen molar-refractivity contribution in [3.8, 4) is 17.1 Å². The monoisotopic (exact) mass is 216 g/mol. The van der Waals surface area contributed by atoms with E-state index in [1.54, 1.807) is 6.07 Å². The van der Waals surface area contributed by atoms with Crippen molar-refractivity contribution >= 4 is 0 Å². The van der Waals surface area contributed by atoms with Crippen molar-refractivity contribution in [3.05, 3.63) is 36.4 Å². The molecule has 3 heteroatoms. The summed E-state index contributed by atoms with van der Waals surface area (Å²) < 4.78 is 1.84. The fourth-order valence-electron chi connectivity index (χ4n) is 1.69. The van der Waals surface area contributed by atoms with Crippen LogP contribution < -0.4 is 0 Å². The Balaban J connectivity index is 2.58. The molecular weight excluding hydrogens is 200 g/mol. The largest absolute Gasteiger partial charge is 0.492 e. The Hall–Kier alpha value is -1.77. The summed E-state index contributed by atoms with van der Waals surface area (Å²) in [7, 11) is 0. The molecule has 0 atom stereocenters. The van der Waals surface area contributed by atoms with Crippen LogP contribution in [0.1, 0.15) is 20.8 Å². The quantitative estimate of drug-likeness (QED) is 0.795. The predicted octanol–water partition coefficient (Wildman–Crippen LogP) is 3.01. The molecule has 2 aromatic rings. The summed E-state index contributed by atoms with van der Waals surface area (Å²) in [5.41, 5.74) is 1.85. The van der Waals surface area contributed by atoms with E-state index in [4.69, 9.17) is 0 Å². The van der Waals surface area contributed by atoms with Crippen LogP contribution in [0.5, 0.6) is 5.88 Å². The standard InChI is InChI=1S/C13H16N2O/c1-13(2,3)15-11(9-12(16)14-15)10-7-5-4-6-8-10/h4-9H,1-3H3,(H,14,16). The molecule has 1 aromatic carbocycles. The third-order valence-corrected chi connectivity index (χ3v) is 2.40. The molecule has 0 radical (unpaired) electrons. The van der Waals surface area contributed by atoms with Crippen LogP contribution in [0.4, 0.5) is 0 Å². The predicted molar refractivity (Wildman–Crippen MR) is 64.3 cm³/mol. The highest BCUT2D eigenvalue weighted by Gasteiger charge is 2.20. The molecule has 0 spiro atoms. The fourth-order valence-corrected chi connectivity index (χ4v) is 1.69. The second kappa shape index (κ2) is 3.67. The molecule has 16 heavy (non-hydrogen) atoms. The molecule has 0 unspecified atom stereocenters. The van der Waals surface area contributed by atoms with Crippen LogP contribution in [0.25, 0.3) is 11.3 Å². The topological polar surface area (TPSA) is 38.0 Å². The van der Waals surface area contributed by atoms with Crippen molar-refractivity contribution in [2.24, 2.45) is 0 Å². The van der Waals surface area contributed by atoms with Gasteiger partial charge in [0.25, 0.3) is 0 Å². The van der Waals surface area contributed by atoms with Crippen molar-refractivity contribution in [1.29, 1.82) is 0 Å². The second-order valence-electron chi connectivity index (χ2n) is 4.84. The first-order valence-corrected chi connectivity index (χ1v) is 5.33. The Morgan fingerprint density at radius 3 is 2.31 bits per heavy atom. The van der Waals surface area contributed by atoms with Crippen molar-refractivity contribution < 1.29 is 5.11 Å². The molecule has 2 rings (SSSR count). The van der Waals surface area contributed by atoms with Crippen LogP contribution in [0.3, 0.4) is 0 Å². The van der Waals surface area contributed by atoms with E-state index in [9.17, 15) is 5.11 Å². The average Bonchev–Trinajstić information content (AvgIpc) is 2.61. The lowest BCUT2D eigenvalue weighted by Gasteiger charge is -2.22. The summed E-state index contributed by atoms with van der Waals surface area (Å²) in [5.74, 6) is 0.0637.